The van der Waals surface area contributed by atoms with Gasteiger partial charge in [-0.3, -0.25) is 9.59 Å². The molecule has 27 heavy (non-hydrogen) atoms. The lowest BCUT2D eigenvalue weighted by atomic mass is 10.2. The van der Waals surface area contributed by atoms with Crippen LogP contribution in [0.5, 0.6) is 0 Å². The number of aryl methyl sites for hydroxylation is 1. The second-order valence-corrected chi connectivity index (χ2v) is 6.78. The van der Waals surface area contributed by atoms with E-state index in [0.717, 1.165) is 44.0 Å². The van der Waals surface area contributed by atoms with Crippen LogP contribution >= 0.6 is 0 Å². The van der Waals surface area contributed by atoms with E-state index < -0.39 is 0 Å². The normalized spacial score (nSPS) is 15.0. The van der Waals surface area contributed by atoms with Crippen molar-refractivity contribution in [1.82, 2.24) is 25.0 Å². The van der Waals surface area contributed by atoms with Gasteiger partial charge in [0.05, 0.1) is 0 Å². The highest BCUT2D eigenvalue weighted by Gasteiger charge is 2.15. The molecule has 1 N–H and O–H groups in total. The lowest BCUT2D eigenvalue weighted by Gasteiger charge is -2.33. The fourth-order valence-corrected chi connectivity index (χ4v) is 2.96. The first-order valence-corrected chi connectivity index (χ1v) is 9.31. The molecular weight excluding hydrogens is 344 g/mol. The van der Waals surface area contributed by atoms with E-state index in [1.165, 1.54) is 16.8 Å². The van der Waals surface area contributed by atoms with E-state index in [-0.39, 0.29) is 17.2 Å². The molecule has 1 aliphatic heterocycles. The van der Waals surface area contributed by atoms with Gasteiger partial charge in [-0.2, -0.15) is 5.10 Å². The quantitative estimate of drug-likeness (QED) is 0.807. The molecule has 8 heteroatoms. The molecule has 2 aromatic heterocycles. The number of hydrogen-bond acceptors (Lipinski definition) is 6. The van der Waals surface area contributed by atoms with Crippen LogP contribution in [0.2, 0.25) is 0 Å². The van der Waals surface area contributed by atoms with Gasteiger partial charge >= 0.3 is 0 Å². The summed E-state index contributed by atoms with van der Waals surface area (Å²) in [5.74, 6) is 0.662. The highest BCUT2D eigenvalue weighted by Crippen LogP contribution is 2.13. The molecule has 0 bridgehead atoms. The Morgan fingerprint density at radius 2 is 1.93 bits per heavy atom. The molecule has 8 nitrogen and oxygen atoms in total. The van der Waals surface area contributed by atoms with E-state index >= 15 is 0 Å². The highest BCUT2D eigenvalue weighted by atomic mass is 16.2. The molecule has 0 atom stereocenters. The Hall–Kier alpha value is -2.74. The van der Waals surface area contributed by atoms with E-state index in [9.17, 15) is 9.59 Å². The van der Waals surface area contributed by atoms with Crippen molar-refractivity contribution in [3.05, 3.63) is 52.1 Å². The van der Waals surface area contributed by atoms with Gasteiger partial charge in [0.1, 0.15) is 11.5 Å². The molecule has 0 aromatic carbocycles. The largest absolute Gasteiger partial charge is 0.354 e. The molecule has 2 aromatic rings. The molecule has 3 heterocycles. The number of amides is 1. The number of likely N-dealkylation sites (N-methyl/N-ethyl adjacent to an activating group) is 1. The van der Waals surface area contributed by atoms with Crippen LogP contribution in [0.4, 0.5) is 5.82 Å². The van der Waals surface area contributed by atoms with Crippen molar-refractivity contribution in [3.63, 3.8) is 0 Å². The van der Waals surface area contributed by atoms with Crippen LogP contribution in [-0.2, 0) is 13.1 Å². The standard InChI is InChI=1S/C19H26N6O2/c1-3-8-25-18(26)7-5-16(22-25)19(27)21-14-15-4-6-17(20-13-15)24-11-9-23(2)10-12-24/h4-7,13H,3,8-12,14H2,1-2H3,(H,21,27). The van der Waals surface area contributed by atoms with Gasteiger partial charge in [-0.25, -0.2) is 9.67 Å². The molecule has 1 amide bonds. The van der Waals surface area contributed by atoms with Gasteiger partial charge in [0.25, 0.3) is 11.5 Å². The van der Waals surface area contributed by atoms with Crippen LogP contribution in [0.25, 0.3) is 0 Å². The molecule has 0 unspecified atom stereocenters. The first-order chi connectivity index (χ1) is 13.1. The SMILES string of the molecule is CCCn1nc(C(=O)NCc2ccc(N3CCN(C)CC3)nc2)ccc1=O. The smallest absolute Gasteiger partial charge is 0.271 e. The fourth-order valence-electron chi connectivity index (χ4n) is 2.96. The molecule has 0 spiro atoms. The van der Waals surface area contributed by atoms with Crippen molar-refractivity contribution >= 4 is 11.7 Å². The molecule has 0 aliphatic carbocycles. The van der Waals surface area contributed by atoms with Crippen LogP contribution in [0, 0.1) is 0 Å². The summed E-state index contributed by atoms with van der Waals surface area (Å²) in [5, 5.41) is 6.95. The third-order valence-electron chi connectivity index (χ3n) is 4.62. The minimum Gasteiger partial charge on any atom is -0.354 e. The highest BCUT2D eigenvalue weighted by molar-refractivity contribution is 5.91. The van der Waals surface area contributed by atoms with Crippen molar-refractivity contribution in [2.24, 2.45) is 0 Å². The Morgan fingerprint density at radius 1 is 1.15 bits per heavy atom. The van der Waals surface area contributed by atoms with Crippen LogP contribution in [0.1, 0.15) is 29.4 Å². The number of piperazine rings is 1. The van der Waals surface area contributed by atoms with E-state index in [1.54, 1.807) is 6.20 Å². The molecular formula is C19H26N6O2. The van der Waals surface area contributed by atoms with Crippen LogP contribution in [-0.4, -0.2) is 58.8 Å². The molecule has 144 valence electrons. The number of carbonyl (C=O) groups is 1. The number of pyridine rings is 1. The summed E-state index contributed by atoms with van der Waals surface area (Å²) >= 11 is 0. The molecule has 0 saturated carbocycles. The lowest BCUT2D eigenvalue weighted by molar-refractivity contribution is 0.0943. The molecule has 1 fully saturated rings. The Morgan fingerprint density at radius 3 is 2.59 bits per heavy atom. The predicted octanol–water partition coefficient (Wildman–Crippen LogP) is 0.730. The Labute approximate surface area is 158 Å². The zero-order valence-electron chi connectivity index (χ0n) is 15.9. The summed E-state index contributed by atoms with van der Waals surface area (Å²) in [4.78, 5) is 33.1. The van der Waals surface area contributed by atoms with Crippen molar-refractivity contribution in [3.8, 4) is 0 Å². The summed E-state index contributed by atoms with van der Waals surface area (Å²) in [6.45, 7) is 6.83. The summed E-state index contributed by atoms with van der Waals surface area (Å²) in [6, 6.07) is 6.81. The number of rotatable bonds is 6. The maximum Gasteiger partial charge on any atom is 0.271 e. The van der Waals surface area contributed by atoms with Gasteiger partial charge in [0.2, 0.25) is 0 Å². The zero-order valence-corrected chi connectivity index (χ0v) is 15.9. The molecule has 0 radical (unpaired) electrons. The van der Waals surface area contributed by atoms with E-state index in [0.29, 0.717) is 13.1 Å². The van der Waals surface area contributed by atoms with E-state index in [2.05, 4.69) is 32.2 Å². The van der Waals surface area contributed by atoms with Gasteiger partial charge in [-0.1, -0.05) is 13.0 Å². The average molecular weight is 370 g/mol. The van der Waals surface area contributed by atoms with Crippen molar-refractivity contribution < 1.29 is 4.79 Å². The number of nitrogens with one attached hydrogen (secondary N) is 1. The zero-order chi connectivity index (χ0) is 19.2. The van der Waals surface area contributed by atoms with Crippen LogP contribution in [0.3, 0.4) is 0 Å². The summed E-state index contributed by atoms with van der Waals surface area (Å²) in [5.41, 5.74) is 0.963. The number of anilines is 1. The van der Waals surface area contributed by atoms with Gasteiger partial charge < -0.3 is 15.1 Å². The summed E-state index contributed by atoms with van der Waals surface area (Å²) in [6.07, 6.45) is 2.57. The second kappa shape index (κ2) is 8.77. The van der Waals surface area contributed by atoms with E-state index in [1.807, 2.05) is 19.1 Å². The monoisotopic (exact) mass is 370 g/mol. The minimum atomic E-state index is -0.303. The number of aromatic nitrogens is 3. The first-order valence-electron chi connectivity index (χ1n) is 9.31. The van der Waals surface area contributed by atoms with Crippen LogP contribution in [0.15, 0.2) is 35.3 Å². The Kier molecular flexibility index (Phi) is 6.18. The Balaban J connectivity index is 1.57. The van der Waals surface area contributed by atoms with Crippen molar-refractivity contribution in [2.75, 3.05) is 38.1 Å². The van der Waals surface area contributed by atoms with Crippen LogP contribution < -0.4 is 15.8 Å². The van der Waals surface area contributed by atoms with Gasteiger partial charge in [-0.15, -0.1) is 0 Å². The van der Waals surface area contributed by atoms with Crippen molar-refractivity contribution in [1.29, 1.82) is 0 Å². The number of carbonyl (C=O) groups excluding carboxylic acids is 1. The molecule has 1 saturated heterocycles. The number of nitrogens with zero attached hydrogens (tertiary/aromatic N) is 5. The van der Waals surface area contributed by atoms with E-state index in [4.69, 9.17) is 0 Å². The van der Waals surface area contributed by atoms with Gasteiger partial charge in [0.15, 0.2) is 0 Å². The van der Waals surface area contributed by atoms with Gasteiger partial charge in [-0.05, 0) is 31.2 Å². The third-order valence-corrected chi connectivity index (χ3v) is 4.62. The maximum atomic E-state index is 12.3. The van der Waals surface area contributed by atoms with Gasteiger partial charge in [0, 0.05) is 51.5 Å². The minimum absolute atomic E-state index is 0.197. The first kappa shape index (κ1) is 19.0. The predicted molar refractivity (Wildman–Crippen MR) is 104 cm³/mol. The fraction of sp³-hybridized carbons (Fsp3) is 0.474. The second-order valence-electron chi connectivity index (χ2n) is 6.78. The summed E-state index contributed by atoms with van der Waals surface area (Å²) in [7, 11) is 2.12. The summed E-state index contributed by atoms with van der Waals surface area (Å²) < 4.78 is 1.32. The molecule has 3 rings (SSSR count). The number of hydrogen-bond donors (Lipinski definition) is 1. The maximum absolute atomic E-state index is 12.3. The lowest BCUT2D eigenvalue weighted by Crippen LogP contribution is -2.44. The third kappa shape index (κ3) is 4.91. The van der Waals surface area contributed by atoms with Crippen molar-refractivity contribution in [2.45, 2.75) is 26.4 Å². The Bertz CT molecular complexity index is 825. The average Bonchev–Trinajstić information content (AvgIpc) is 2.69. The molecule has 1 aliphatic rings. The topological polar surface area (TPSA) is 83.4 Å².